The van der Waals surface area contributed by atoms with Crippen molar-refractivity contribution in [3.05, 3.63) is 35.4 Å². The Kier molecular flexibility index (Phi) is 5.27. The van der Waals surface area contributed by atoms with Crippen molar-refractivity contribution in [1.82, 2.24) is 0 Å². The van der Waals surface area contributed by atoms with Gasteiger partial charge in [-0.1, -0.05) is 31.2 Å². The molecule has 0 saturated heterocycles. The highest BCUT2D eigenvalue weighted by atomic mass is 16.5. The molecule has 0 radical (unpaired) electrons. The molecule has 0 aliphatic carbocycles. The average molecular weight is 193 g/mol. The van der Waals surface area contributed by atoms with Gasteiger partial charge in [-0.05, 0) is 30.5 Å². The normalized spacial score (nSPS) is 10.4. The Bertz CT molecular complexity index is 260. The van der Waals surface area contributed by atoms with E-state index in [-0.39, 0.29) is 0 Å². The third-order valence-corrected chi connectivity index (χ3v) is 2.16. The first-order chi connectivity index (χ1) is 6.86. The molecular weight excluding hydrogens is 174 g/mol. The molecule has 1 aromatic rings. The van der Waals surface area contributed by atoms with E-state index in [1.165, 1.54) is 11.1 Å². The third-order valence-electron chi connectivity index (χ3n) is 2.16. The fourth-order valence-electron chi connectivity index (χ4n) is 1.31. The highest BCUT2D eigenvalue weighted by Crippen LogP contribution is 2.07. The van der Waals surface area contributed by atoms with E-state index in [4.69, 9.17) is 10.5 Å². The van der Waals surface area contributed by atoms with Crippen molar-refractivity contribution in [3.63, 3.8) is 0 Å². The molecule has 2 heteroatoms. The van der Waals surface area contributed by atoms with Crippen molar-refractivity contribution in [1.29, 1.82) is 0 Å². The van der Waals surface area contributed by atoms with Crippen LogP contribution in [0, 0.1) is 0 Å². The summed E-state index contributed by atoms with van der Waals surface area (Å²) in [5.41, 5.74) is 7.99. The first kappa shape index (κ1) is 11.2. The fraction of sp³-hybridized carbons (Fsp3) is 0.500. The summed E-state index contributed by atoms with van der Waals surface area (Å²) in [7, 11) is 0. The maximum atomic E-state index is 5.48. The van der Waals surface area contributed by atoms with Crippen LogP contribution in [-0.4, -0.2) is 13.2 Å². The lowest BCUT2D eigenvalue weighted by Gasteiger charge is -2.04. The lowest BCUT2D eigenvalue weighted by molar-refractivity contribution is 0.120. The molecule has 0 aliphatic heterocycles. The molecule has 0 bridgehead atoms. The molecule has 0 atom stereocenters. The zero-order valence-electron chi connectivity index (χ0n) is 8.83. The molecule has 1 aromatic carbocycles. The molecule has 0 unspecified atom stereocenters. The highest BCUT2D eigenvalue weighted by Gasteiger charge is 1.94. The SMILES string of the molecule is CCc1cccc(COCCCN)c1. The van der Waals surface area contributed by atoms with E-state index >= 15 is 0 Å². The second-order valence-corrected chi connectivity index (χ2v) is 3.37. The largest absolute Gasteiger partial charge is 0.377 e. The number of aryl methyl sites for hydroxylation is 1. The fourth-order valence-corrected chi connectivity index (χ4v) is 1.31. The zero-order chi connectivity index (χ0) is 10.2. The van der Waals surface area contributed by atoms with Crippen LogP contribution in [0.15, 0.2) is 24.3 Å². The minimum absolute atomic E-state index is 0.702. The molecule has 0 fully saturated rings. The number of hydrogen-bond acceptors (Lipinski definition) is 2. The molecule has 0 aliphatic rings. The monoisotopic (exact) mass is 193 g/mol. The summed E-state index contributed by atoms with van der Waals surface area (Å²) in [6.45, 7) is 4.32. The predicted octanol–water partition coefficient (Wildman–Crippen LogP) is 2.11. The minimum Gasteiger partial charge on any atom is -0.377 e. The number of nitrogens with two attached hydrogens (primary N) is 1. The van der Waals surface area contributed by atoms with E-state index in [1.807, 2.05) is 0 Å². The van der Waals surface area contributed by atoms with E-state index < -0.39 is 0 Å². The Labute approximate surface area is 86.1 Å². The molecule has 2 nitrogen and oxygen atoms in total. The van der Waals surface area contributed by atoms with Crippen LogP contribution in [0.5, 0.6) is 0 Å². The van der Waals surface area contributed by atoms with Crippen LogP contribution in [0.4, 0.5) is 0 Å². The molecule has 0 saturated carbocycles. The van der Waals surface area contributed by atoms with E-state index in [0.717, 1.165) is 19.4 Å². The van der Waals surface area contributed by atoms with Crippen LogP contribution in [0.25, 0.3) is 0 Å². The first-order valence-corrected chi connectivity index (χ1v) is 5.22. The van der Waals surface area contributed by atoms with Gasteiger partial charge in [0.1, 0.15) is 0 Å². The average Bonchev–Trinajstić information content (AvgIpc) is 2.25. The minimum atomic E-state index is 0.702. The van der Waals surface area contributed by atoms with Gasteiger partial charge in [0.25, 0.3) is 0 Å². The summed E-state index contributed by atoms with van der Waals surface area (Å²) < 4.78 is 5.48. The van der Waals surface area contributed by atoms with Crippen LogP contribution in [-0.2, 0) is 17.8 Å². The second-order valence-electron chi connectivity index (χ2n) is 3.37. The van der Waals surface area contributed by atoms with Crippen molar-refractivity contribution in [2.45, 2.75) is 26.4 Å². The van der Waals surface area contributed by atoms with Gasteiger partial charge in [0.2, 0.25) is 0 Å². The van der Waals surface area contributed by atoms with Gasteiger partial charge in [-0.2, -0.15) is 0 Å². The summed E-state index contributed by atoms with van der Waals surface area (Å²) in [4.78, 5) is 0. The Hall–Kier alpha value is -0.860. The van der Waals surface area contributed by atoms with Gasteiger partial charge in [0, 0.05) is 6.61 Å². The molecule has 0 amide bonds. The van der Waals surface area contributed by atoms with Crippen molar-refractivity contribution < 1.29 is 4.74 Å². The Morgan fingerprint density at radius 1 is 1.29 bits per heavy atom. The van der Waals surface area contributed by atoms with Crippen molar-refractivity contribution in [2.24, 2.45) is 5.73 Å². The molecule has 1 rings (SSSR count). The maximum absolute atomic E-state index is 5.48. The Balaban J connectivity index is 2.34. The summed E-state index contributed by atoms with van der Waals surface area (Å²) in [5.74, 6) is 0. The van der Waals surface area contributed by atoms with E-state index in [9.17, 15) is 0 Å². The predicted molar refractivity (Wildman–Crippen MR) is 59.1 cm³/mol. The summed E-state index contributed by atoms with van der Waals surface area (Å²) in [6, 6.07) is 8.52. The lowest BCUT2D eigenvalue weighted by Crippen LogP contribution is -2.04. The van der Waals surface area contributed by atoms with Crippen molar-refractivity contribution in [2.75, 3.05) is 13.2 Å². The van der Waals surface area contributed by atoms with Crippen molar-refractivity contribution >= 4 is 0 Å². The van der Waals surface area contributed by atoms with Gasteiger partial charge >= 0.3 is 0 Å². The van der Waals surface area contributed by atoms with Gasteiger partial charge in [0.15, 0.2) is 0 Å². The van der Waals surface area contributed by atoms with E-state index in [2.05, 4.69) is 31.2 Å². The van der Waals surface area contributed by atoms with Gasteiger partial charge in [-0.3, -0.25) is 0 Å². The summed E-state index contributed by atoms with van der Waals surface area (Å²) in [6.07, 6.45) is 2.02. The molecular formula is C12H19NO. The third kappa shape index (κ3) is 3.90. The van der Waals surface area contributed by atoms with Gasteiger partial charge < -0.3 is 10.5 Å². The number of ether oxygens (including phenoxy) is 1. The first-order valence-electron chi connectivity index (χ1n) is 5.22. The lowest BCUT2D eigenvalue weighted by atomic mass is 10.1. The zero-order valence-corrected chi connectivity index (χ0v) is 8.83. The van der Waals surface area contributed by atoms with E-state index in [1.54, 1.807) is 0 Å². The maximum Gasteiger partial charge on any atom is 0.0716 e. The van der Waals surface area contributed by atoms with Crippen LogP contribution < -0.4 is 5.73 Å². The van der Waals surface area contributed by atoms with E-state index in [0.29, 0.717) is 13.2 Å². The number of benzene rings is 1. The molecule has 2 N–H and O–H groups in total. The summed E-state index contributed by atoms with van der Waals surface area (Å²) >= 11 is 0. The van der Waals surface area contributed by atoms with Crippen LogP contribution in [0.2, 0.25) is 0 Å². The van der Waals surface area contributed by atoms with Crippen LogP contribution >= 0.6 is 0 Å². The van der Waals surface area contributed by atoms with Gasteiger partial charge in [0.05, 0.1) is 6.61 Å². The molecule has 0 aromatic heterocycles. The standard InChI is InChI=1S/C12H19NO/c1-2-11-5-3-6-12(9-11)10-14-8-4-7-13/h3,5-6,9H,2,4,7-8,10,13H2,1H3. The van der Waals surface area contributed by atoms with Crippen LogP contribution in [0.1, 0.15) is 24.5 Å². The summed E-state index contributed by atoms with van der Waals surface area (Å²) in [5, 5.41) is 0. The quantitative estimate of drug-likeness (QED) is 0.702. The van der Waals surface area contributed by atoms with Gasteiger partial charge in [-0.15, -0.1) is 0 Å². The highest BCUT2D eigenvalue weighted by molar-refractivity contribution is 5.22. The smallest absolute Gasteiger partial charge is 0.0716 e. The number of hydrogen-bond donors (Lipinski definition) is 1. The molecule has 14 heavy (non-hydrogen) atoms. The molecule has 0 heterocycles. The van der Waals surface area contributed by atoms with Gasteiger partial charge in [-0.25, -0.2) is 0 Å². The van der Waals surface area contributed by atoms with Crippen LogP contribution in [0.3, 0.4) is 0 Å². The van der Waals surface area contributed by atoms with Crippen molar-refractivity contribution in [3.8, 4) is 0 Å². The number of rotatable bonds is 6. The molecule has 0 spiro atoms. The Morgan fingerprint density at radius 3 is 2.79 bits per heavy atom. The Morgan fingerprint density at radius 2 is 2.07 bits per heavy atom. The molecule has 78 valence electrons. The second kappa shape index (κ2) is 6.57. The topological polar surface area (TPSA) is 35.2 Å².